The maximum absolute atomic E-state index is 15.9. The molecule has 1 N–H and O–H groups in total. The first-order valence-electron chi connectivity index (χ1n) is 20.3. The molecule has 0 amide bonds. The summed E-state index contributed by atoms with van der Waals surface area (Å²) in [4.78, 5) is 23.8. The zero-order chi connectivity index (χ0) is 41.5. The van der Waals surface area contributed by atoms with Crippen LogP contribution in [-0.2, 0) is 16.2 Å². The number of nitrogens with zero attached hydrogens (tertiary/aromatic N) is 4. The summed E-state index contributed by atoms with van der Waals surface area (Å²) >= 11 is 1.64. The predicted octanol–water partition coefficient (Wildman–Crippen LogP) is 11.1. The Morgan fingerprint density at radius 3 is 2.71 bits per heavy atom. The van der Waals surface area contributed by atoms with Gasteiger partial charge >= 0.3 is 5.97 Å². The number of benzene rings is 2. The summed E-state index contributed by atoms with van der Waals surface area (Å²) in [6.45, 7) is 15.6. The molecule has 1 aliphatic heterocycles. The molecule has 6 aromatic rings. The molecule has 0 saturated carbocycles. The third kappa shape index (κ3) is 8.98. The van der Waals surface area contributed by atoms with Crippen LogP contribution in [0.3, 0.4) is 0 Å². The second-order valence-corrected chi connectivity index (χ2v) is 24.2. The second-order valence-electron chi connectivity index (χ2n) is 17.7. The van der Waals surface area contributed by atoms with Gasteiger partial charge in [0.1, 0.15) is 41.1 Å². The number of halogens is 2. The third-order valence-corrected chi connectivity index (χ3v) is 14.2. The molecular weight excluding hydrogens is 785 g/mol. The Bertz CT molecular complexity index is 2600. The Labute approximate surface area is 348 Å². The van der Waals surface area contributed by atoms with E-state index in [1.165, 1.54) is 18.3 Å². The lowest BCUT2D eigenvalue weighted by molar-refractivity contribution is -0.443. The average molecular weight is 837 g/mol. The Morgan fingerprint density at radius 2 is 1.93 bits per heavy atom. The van der Waals surface area contributed by atoms with Crippen LogP contribution in [0.15, 0.2) is 78.1 Å². The van der Waals surface area contributed by atoms with Crippen molar-refractivity contribution in [1.82, 2.24) is 19.4 Å². The van der Waals surface area contributed by atoms with E-state index < -0.39 is 25.7 Å². The largest absolute Gasteiger partial charge is 0.465 e. The summed E-state index contributed by atoms with van der Waals surface area (Å²) in [5.74, 6) is -0.686. The van der Waals surface area contributed by atoms with Crippen LogP contribution in [0.5, 0.6) is 11.5 Å². The monoisotopic (exact) mass is 836 g/mol. The van der Waals surface area contributed by atoms with E-state index in [9.17, 15) is 4.79 Å². The van der Waals surface area contributed by atoms with E-state index in [4.69, 9.17) is 14.2 Å². The van der Waals surface area contributed by atoms with E-state index in [2.05, 4.69) is 65.2 Å². The third-order valence-electron chi connectivity index (χ3n) is 11.5. The number of nitrogens with one attached hydrogen (secondary N) is 1. The fourth-order valence-corrected chi connectivity index (χ4v) is 9.83. The second kappa shape index (κ2) is 16.6. The van der Waals surface area contributed by atoms with E-state index in [0.29, 0.717) is 40.1 Å². The molecule has 2 aromatic carbocycles. The minimum Gasteiger partial charge on any atom is -0.465 e. The first-order chi connectivity index (χ1) is 28.2. The van der Waals surface area contributed by atoms with Crippen LogP contribution in [0, 0.1) is 17.0 Å². The maximum Gasteiger partial charge on any atom is 0.341 e. The predicted molar refractivity (Wildman–Crippen MR) is 235 cm³/mol. The zero-order valence-corrected chi connectivity index (χ0v) is 36.5. The highest BCUT2D eigenvalue weighted by Gasteiger charge is 2.31. The first kappa shape index (κ1) is 40.8. The average Bonchev–Trinajstić information content (AvgIpc) is 3.98. The number of fused-ring (bicyclic) bond motifs is 2. The van der Waals surface area contributed by atoms with Gasteiger partial charge in [0.05, 0.1) is 38.0 Å². The molecule has 2 aliphatic rings. The lowest BCUT2D eigenvalue weighted by Crippen LogP contribution is -2.39. The molecule has 9 nitrogen and oxygen atoms in total. The van der Waals surface area contributed by atoms with Gasteiger partial charge in [0.2, 0.25) is 5.69 Å². The Kier molecular flexibility index (Phi) is 11.5. The number of pyridine rings is 1. The molecule has 5 heterocycles. The number of rotatable bonds is 13. The number of carbonyl (C=O) groups excluding carboxylic acids is 1. The molecular formula is C46H52F2N5O4SSi+. The fourth-order valence-electron chi connectivity index (χ4n) is 8.08. The molecule has 1 aliphatic carbocycles. The van der Waals surface area contributed by atoms with Crippen LogP contribution in [0.2, 0.25) is 25.7 Å². The van der Waals surface area contributed by atoms with E-state index in [-0.39, 0.29) is 12.1 Å². The van der Waals surface area contributed by atoms with Crippen LogP contribution in [0.25, 0.3) is 38.6 Å². The van der Waals surface area contributed by atoms with Gasteiger partial charge in [-0.3, -0.25) is 4.90 Å². The molecule has 4 aromatic heterocycles. The highest BCUT2D eigenvalue weighted by molar-refractivity contribution is 7.11. The lowest BCUT2D eigenvalue weighted by Gasteiger charge is -2.35. The van der Waals surface area contributed by atoms with Crippen molar-refractivity contribution in [1.29, 1.82) is 0 Å². The molecule has 0 fully saturated rings. The van der Waals surface area contributed by atoms with Crippen molar-refractivity contribution in [2.45, 2.75) is 65.5 Å². The Hall–Kier alpha value is -4.95. The number of aromatic amines is 1. The van der Waals surface area contributed by atoms with Crippen LogP contribution >= 0.6 is 11.3 Å². The van der Waals surface area contributed by atoms with Gasteiger partial charge < -0.3 is 23.8 Å². The molecule has 13 heteroatoms. The Morgan fingerprint density at radius 1 is 1.08 bits per heavy atom. The van der Waals surface area contributed by atoms with Crippen molar-refractivity contribution in [2.75, 3.05) is 39.9 Å². The number of methoxy groups -OCH3 is 1. The molecule has 8 rings (SSSR count). The van der Waals surface area contributed by atoms with E-state index in [1.807, 2.05) is 40.4 Å². The quantitative estimate of drug-likeness (QED) is 0.0540. The summed E-state index contributed by atoms with van der Waals surface area (Å²) < 4.78 is 52.4. The number of ether oxygens (including phenoxy) is 3. The number of allylic oxidation sites excluding steroid dienone is 1. The molecule has 0 radical (unpaired) electrons. The number of esters is 1. The van der Waals surface area contributed by atoms with Crippen molar-refractivity contribution < 1.29 is 32.4 Å². The molecule has 0 saturated heterocycles. The van der Waals surface area contributed by atoms with Crippen molar-refractivity contribution in [3.05, 3.63) is 100 Å². The van der Waals surface area contributed by atoms with E-state index >= 15 is 8.78 Å². The summed E-state index contributed by atoms with van der Waals surface area (Å²) in [6.07, 6.45) is 10.5. The van der Waals surface area contributed by atoms with Crippen molar-refractivity contribution in [3.63, 3.8) is 0 Å². The van der Waals surface area contributed by atoms with Gasteiger partial charge in [0.25, 0.3) is 0 Å². The first-order valence-corrected chi connectivity index (χ1v) is 24.8. The van der Waals surface area contributed by atoms with Gasteiger partial charge in [-0.2, -0.15) is 4.58 Å². The zero-order valence-electron chi connectivity index (χ0n) is 34.7. The standard InChI is InChI=1S/C46H52F2N5O4SSi/c1-46(2)12-9-31(37(25-46)41-22-32(28-58-41)42-39(48)24-38(47)35-11-14-53(43(35)42)29-56-19-20-59(4,5)6)27-51-15-17-52(18-16-51)33-7-8-36(45(54)55-3)40(23-33)57-34-21-30-10-13-49-44(30)50-26-34/h7-8,10-11,13-14,17,21-24,26,28H,9,12,15-16,18-20,25,27,29H2,1-6H3,(H,49,50)/q+1. The number of carbonyl (C=O) groups is 1. The summed E-state index contributed by atoms with van der Waals surface area (Å²) in [5, 5.41) is 3.32. The van der Waals surface area contributed by atoms with E-state index in [1.54, 1.807) is 35.9 Å². The normalized spacial score (nSPS) is 16.2. The van der Waals surface area contributed by atoms with Crippen molar-refractivity contribution in [2.24, 2.45) is 5.41 Å². The number of thiophene rings is 1. The van der Waals surface area contributed by atoms with Gasteiger partial charge in [0.15, 0.2) is 12.8 Å². The van der Waals surface area contributed by atoms with Crippen molar-refractivity contribution >= 4 is 64.8 Å². The highest BCUT2D eigenvalue weighted by atomic mass is 32.1. The van der Waals surface area contributed by atoms with Crippen LogP contribution < -0.4 is 4.74 Å². The van der Waals surface area contributed by atoms with Crippen molar-refractivity contribution in [3.8, 4) is 22.6 Å². The molecule has 0 bridgehead atoms. The maximum atomic E-state index is 15.9. The van der Waals surface area contributed by atoms with Gasteiger partial charge in [-0.05, 0) is 77.6 Å². The SMILES string of the molecule is COC(=O)c1ccc([N+]2=CCN(CC3=C(c4cc(-c5c(F)cc(F)c6ccn(COCC[Si](C)(C)C)c56)cs4)CC(C)(C)CC3)CC2)cc1Oc1cnc2[nH]ccc2c1. The van der Waals surface area contributed by atoms with Crippen LogP contribution in [0.1, 0.15) is 48.3 Å². The summed E-state index contributed by atoms with van der Waals surface area (Å²) in [6, 6.07) is 15.2. The highest BCUT2D eigenvalue weighted by Crippen LogP contribution is 2.46. The van der Waals surface area contributed by atoms with Gasteiger partial charge in [-0.1, -0.05) is 39.1 Å². The summed E-state index contributed by atoms with van der Waals surface area (Å²) in [5.41, 5.74) is 6.58. The fraction of sp³-hybridized carbons (Fsp3) is 0.370. The molecule has 0 spiro atoms. The van der Waals surface area contributed by atoms with Gasteiger partial charge in [0, 0.05) is 67.0 Å². The lowest BCUT2D eigenvalue weighted by atomic mass is 9.73. The number of H-pyrrole nitrogens is 1. The minimum atomic E-state index is -1.28. The van der Waals surface area contributed by atoms with Crippen LogP contribution in [0.4, 0.5) is 14.5 Å². The topological polar surface area (TPSA) is 84.6 Å². The molecule has 308 valence electrons. The minimum absolute atomic E-state index is 0.129. The van der Waals surface area contributed by atoms with Gasteiger partial charge in [-0.25, -0.2) is 18.6 Å². The molecule has 0 atom stereocenters. The van der Waals surface area contributed by atoms with Gasteiger partial charge in [-0.15, -0.1) is 11.3 Å². The smallest absolute Gasteiger partial charge is 0.341 e. The summed E-state index contributed by atoms with van der Waals surface area (Å²) in [7, 11) is 0.0786. The molecule has 0 unspecified atom stereocenters. The number of hydrogen-bond acceptors (Lipinski definition) is 7. The number of hydrogen-bond donors (Lipinski definition) is 1. The number of aromatic nitrogens is 3. The van der Waals surface area contributed by atoms with E-state index in [0.717, 1.165) is 84.7 Å². The van der Waals surface area contributed by atoms with Crippen LogP contribution in [-0.4, -0.2) is 84.2 Å². The molecule has 59 heavy (non-hydrogen) atoms. The Balaban J connectivity index is 1.03.